The molecule has 0 spiro atoms. The standard InChI is InChI=1S/C19H19ClF3N3O2S/c1-3-26-17-10-14(19(21,22)23)6-9-16(17)24-18(26)12(2)25-29(27,28)15-7-4-13(11-20)5-8-15/h4-10,12,25H,3,11H2,1-2H3/t12-/m1/s1. The number of sulfonamides is 1. The maximum atomic E-state index is 13.1. The molecule has 10 heteroatoms. The fourth-order valence-electron chi connectivity index (χ4n) is 3.09. The monoisotopic (exact) mass is 445 g/mol. The van der Waals surface area contributed by atoms with E-state index in [9.17, 15) is 21.6 Å². The number of fused-ring (bicyclic) bond motifs is 1. The van der Waals surface area contributed by atoms with Crippen molar-refractivity contribution in [1.29, 1.82) is 0 Å². The van der Waals surface area contributed by atoms with E-state index in [2.05, 4.69) is 9.71 Å². The van der Waals surface area contributed by atoms with Crippen LogP contribution in [0, 0.1) is 0 Å². The Balaban J connectivity index is 1.96. The molecule has 1 atom stereocenters. The van der Waals surface area contributed by atoms with Gasteiger partial charge in [-0.15, -0.1) is 11.6 Å². The van der Waals surface area contributed by atoms with Crippen LogP contribution in [0.4, 0.5) is 13.2 Å². The van der Waals surface area contributed by atoms with E-state index in [1.54, 1.807) is 30.5 Å². The second-order valence-corrected chi connectivity index (χ2v) is 8.52. The summed E-state index contributed by atoms with van der Waals surface area (Å²) in [7, 11) is -3.85. The highest BCUT2D eigenvalue weighted by molar-refractivity contribution is 7.89. The van der Waals surface area contributed by atoms with Crippen molar-refractivity contribution in [2.24, 2.45) is 0 Å². The molecule has 1 heterocycles. The molecule has 0 amide bonds. The van der Waals surface area contributed by atoms with E-state index in [4.69, 9.17) is 11.6 Å². The summed E-state index contributed by atoms with van der Waals surface area (Å²) in [6, 6.07) is 8.66. The summed E-state index contributed by atoms with van der Waals surface area (Å²) < 4.78 is 68.6. The lowest BCUT2D eigenvalue weighted by molar-refractivity contribution is -0.137. The van der Waals surface area contributed by atoms with Gasteiger partial charge in [0, 0.05) is 12.4 Å². The maximum Gasteiger partial charge on any atom is 0.416 e. The van der Waals surface area contributed by atoms with E-state index in [-0.39, 0.29) is 10.8 Å². The zero-order valence-corrected chi connectivity index (χ0v) is 17.2. The molecule has 3 aromatic rings. The lowest BCUT2D eigenvalue weighted by Crippen LogP contribution is -2.28. The van der Waals surface area contributed by atoms with Crippen molar-refractivity contribution in [3.05, 3.63) is 59.4 Å². The van der Waals surface area contributed by atoms with Crippen LogP contribution in [0.15, 0.2) is 47.4 Å². The number of imidazole rings is 1. The van der Waals surface area contributed by atoms with Gasteiger partial charge < -0.3 is 4.57 Å². The van der Waals surface area contributed by atoms with Crippen molar-refractivity contribution >= 4 is 32.7 Å². The van der Waals surface area contributed by atoms with Crippen LogP contribution in [-0.4, -0.2) is 18.0 Å². The summed E-state index contributed by atoms with van der Waals surface area (Å²) in [6.07, 6.45) is -4.47. The van der Waals surface area contributed by atoms with Gasteiger partial charge in [0.1, 0.15) is 5.82 Å². The molecule has 0 saturated carbocycles. The Morgan fingerprint density at radius 1 is 1.17 bits per heavy atom. The molecular formula is C19H19ClF3N3O2S. The minimum atomic E-state index is -4.47. The summed E-state index contributed by atoms with van der Waals surface area (Å²) in [6.45, 7) is 3.70. The zero-order chi connectivity index (χ0) is 21.4. The van der Waals surface area contributed by atoms with Gasteiger partial charge in [-0.25, -0.2) is 18.1 Å². The van der Waals surface area contributed by atoms with E-state index in [0.29, 0.717) is 23.4 Å². The summed E-state index contributed by atoms with van der Waals surface area (Å²) in [5, 5.41) is 0. The fourth-order valence-corrected chi connectivity index (χ4v) is 4.47. The number of nitrogens with zero attached hydrogens (tertiary/aromatic N) is 2. The Morgan fingerprint density at radius 2 is 1.83 bits per heavy atom. The first-order valence-corrected chi connectivity index (χ1v) is 10.8. The van der Waals surface area contributed by atoms with Crippen LogP contribution in [0.25, 0.3) is 11.0 Å². The van der Waals surface area contributed by atoms with Crippen molar-refractivity contribution in [2.45, 2.75) is 43.4 Å². The van der Waals surface area contributed by atoms with Gasteiger partial charge in [0.25, 0.3) is 0 Å². The lowest BCUT2D eigenvalue weighted by atomic mass is 10.2. The number of hydrogen-bond acceptors (Lipinski definition) is 3. The SMILES string of the molecule is CCn1c([C@@H](C)NS(=O)(=O)c2ccc(CCl)cc2)nc2ccc(C(F)(F)F)cc21. The predicted octanol–water partition coefficient (Wildman–Crippen LogP) is 4.85. The molecule has 2 aromatic carbocycles. The van der Waals surface area contributed by atoms with Crippen molar-refractivity contribution in [2.75, 3.05) is 0 Å². The highest BCUT2D eigenvalue weighted by Gasteiger charge is 2.31. The van der Waals surface area contributed by atoms with Crippen LogP contribution >= 0.6 is 11.6 Å². The van der Waals surface area contributed by atoms with Crippen LogP contribution in [0.2, 0.25) is 0 Å². The van der Waals surface area contributed by atoms with Crippen LogP contribution in [0.3, 0.4) is 0 Å². The molecule has 0 aliphatic carbocycles. The first-order chi connectivity index (χ1) is 13.6. The summed E-state index contributed by atoms with van der Waals surface area (Å²) in [5.41, 5.74) is 0.674. The van der Waals surface area contributed by atoms with Gasteiger partial charge in [-0.05, 0) is 49.7 Å². The van der Waals surface area contributed by atoms with Crippen LogP contribution in [0.5, 0.6) is 0 Å². The van der Waals surface area contributed by atoms with Crippen LogP contribution in [0.1, 0.15) is 36.8 Å². The molecule has 0 saturated heterocycles. The third-order valence-corrected chi connectivity index (χ3v) is 6.39. The summed E-state index contributed by atoms with van der Waals surface area (Å²) in [4.78, 5) is 4.43. The Hall–Kier alpha value is -2.10. The number of aryl methyl sites for hydroxylation is 1. The number of rotatable bonds is 6. The normalized spacial score (nSPS) is 13.7. The van der Waals surface area contributed by atoms with Crippen molar-refractivity contribution in [3.63, 3.8) is 0 Å². The highest BCUT2D eigenvalue weighted by Crippen LogP contribution is 2.32. The number of aromatic nitrogens is 2. The van der Waals surface area contributed by atoms with E-state index in [1.807, 2.05) is 0 Å². The number of halogens is 4. The van der Waals surface area contributed by atoms with E-state index in [1.165, 1.54) is 18.2 Å². The van der Waals surface area contributed by atoms with Gasteiger partial charge in [-0.1, -0.05) is 12.1 Å². The topological polar surface area (TPSA) is 64.0 Å². The molecule has 1 aromatic heterocycles. The number of nitrogens with one attached hydrogen (secondary N) is 1. The fraction of sp³-hybridized carbons (Fsp3) is 0.316. The van der Waals surface area contributed by atoms with E-state index < -0.39 is 27.8 Å². The molecule has 156 valence electrons. The minimum Gasteiger partial charge on any atom is -0.327 e. The van der Waals surface area contributed by atoms with Crippen molar-refractivity contribution in [3.8, 4) is 0 Å². The minimum absolute atomic E-state index is 0.0664. The second-order valence-electron chi connectivity index (χ2n) is 6.54. The molecule has 5 nitrogen and oxygen atoms in total. The first-order valence-electron chi connectivity index (χ1n) is 8.81. The average Bonchev–Trinajstić information content (AvgIpc) is 3.05. The Morgan fingerprint density at radius 3 is 2.38 bits per heavy atom. The molecule has 0 fully saturated rings. The van der Waals surface area contributed by atoms with Gasteiger partial charge in [0.2, 0.25) is 10.0 Å². The number of alkyl halides is 4. The quantitative estimate of drug-likeness (QED) is 0.551. The number of hydrogen-bond donors (Lipinski definition) is 1. The smallest absolute Gasteiger partial charge is 0.327 e. The third-order valence-electron chi connectivity index (χ3n) is 4.53. The molecule has 1 N–H and O–H groups in total. The van der Waals surface area contributed by atoms with E-state index >= 15 is 0 Å². The van der Waals surface area contributed by atoms with Crippen molar-refractivity contribution in [1.82, 2.24) is 14.3 Å². The van der Waals surface area contributed by atoms with Gasteiger partial charge in [0.15, 0.2) is 0 Å². The van der Waals surface area contributed by atoms with Gasteiger partial charge in [-0.2, -0.15) is 13.2 Å². The molecule has 3 rings (SSSR count). The summed E-state index contributed by atoms with van der Waals surface area (Å²) >= 11 is 5.72. The summed E-state index contributed by atoms with van der Waals surface area (Å²) in [5.74, 6) is 0.604. The Kier molecular flexibility index (Phi) is 5.93. The number of benzene rings is 2. The van der Waals surface area contributed by atoms with Crippen LogP contribution in [-0.2, 0) is 28.6 Å². The zero-order valence-electron chi connectivity index (χ0n) is 15.7. The lowest BCUT2D eigenvalue weighted by Gasteiger charge is -2.16. The maximum absolute atomic E-state index is 13.1. The van der Waals surface area contributed by atoms with Crippen molar-refractivity contribution < 1.29 is 21.6 Å². The molecule has 0 aliphatic rings. The van der Waals surface area contributed by atoms with Gasteiger partial charge >= 0.3 is 6.18 Å². The van der Waals surface area contributed by atoms with Gasteiger partial charge in [0.05, 0.1) is 27.5 Å². The Bertz CT molecular complexity index is 1130. The second kappa shape index (κ2) is 7.97. The highest BCUT2D eigenvalue weighted by atomic mass is 35.5. The average molecular weight is 446 g/mol. The Labute approximate surface area is 171 Å². The molecule has 29 heavy (non-hydrogen) atoms. The largest absolute Gasteiger partial charge is 0.416 e. The molecule has 0 unspecified atom stereocenters. The molecule has 0 aliphatic heterocycles. The molecule has 0 radical (unpaired) electrons. The predicted molar refractivity (Wildman–Crippen MR) is 105 cm³/mol. The first kappa shape index (κ1) is 21.6. The molecular weight excluding hydrogens is 427 g/mol. The molecule has 0 bridgehead atoms. The van der Waals surface area contributed by atoms with E-state index in [0.717, 1.165) is 17.7 Å². The van der Waals surface area contributed by atoms with Crippen LogP contribution < -0.4 is 4.72 Å². The van der Waals surface area contributed by atoms with Gasteiger partial charge in [-0.3, -0.25) is 0 Å². The third kappa shape index (κ3) is 4.41.